The van der Waals surface area contributed by atoms with Crippen molar-refractivity contribution in [2.75, 3.05) is 18.2 Å². The lowest BCUT2D eigenvalue weighted by Gasteiger charge is -2.19. The van der Waals surface area contributed by atoms with Gasteiger partial charge in [-0.25, -0.2) is 0 Å². The predicted molar refractivity (Wildman–Crippen MR) is 109 cm³/mol. The summed E-state index contributed by atoms with van der Waals surface area (Å²) in [4.78, 5) is 2.64. The lowest BCUT2D eigenvalue weighted by atomic mass is 9.89. The number of anilines is 1. The van der Waals surface area contributed by atoms with Crippen molar-refractivity contribution in [1.82, 2.24) is 0 Å². The van der Waals surface area contributed by atoms with E-state index in [4.69, 9.17) is 5.73 Å². The van der Waals surface area contributed by atoms with Crippen molar-refractivity contribution in [1.29, 1.82) is 0 Å². The van der Waals surface area contributed by atoms with E-state index in [1.54, 1.807) is 11.8 Å². The van der Waals surface area contributed by atoms with Crippen LogP contribution in [0, 0.1) is 5.92 Å². The van der Waals surface area contributed by atoms with Gasteiger partial charge in [-0.05, 0) is 48.6 Å². The van der Waals surface area contributed by atoms with Gasteiger partial charge in [-0.2, -0.15) is 0 Å². The van der Waals surface area contributed by atoms with E-state index in [1.807, 2.05) is 11.8 Å². The zero-order valence-corrected chi connectivity index (χ0v) is 16.4. The van der Waals surface area contributed by atoms with Crippen LogP contribution in [0.25, 0.3) is 10.8 Å². The quantitative estimate of drug-likeness (QED) is 0.429. The van der Waals surface area contributed by atoms with Crippen LogP contribution in [0.15, 0.2) is 34.1 Å². The number of benzene rings is 2. The number of nitrogen functional groups attached to an aromatic ring is 1. The van der Waals surface area contributed by atoms with Gasteiger partial charge in [0, 0.05) is 26.3 Å². The first-order valence-electron chi connectivity index (χ1n) is 8.58. The average Bonchev–Trinajstić information content (AvgIpc) is 2.59. The van der Waals surface area contributed by atoms with E-state index >= 15 is 0 Å². The van der Waals surface area contributed by atoms with Crippen LogP contribution >= 0.6 is 23.5 Å². The van der Waals surface area contributed by atoms with Gasteiger partial charge < -0.3 is 5.73 Å². The normalized spacial score (nSPS) is 12.7. The van der Waals surface area contributed by atoms with Gasteiger partial charge >= 0.3 is 0 Å². The first kappa shape index (κ1) is 18.5. The van der Waals surface area contributed by atoms with E-state index in [2.05, 4.69) is 50.6 Å². The monoisotopic (exact) mass is 347 g/mol. The van der Waals surface area contributed by atoms with E-state index in [0.29, 0.717) is 0 Å². The van der Waals surface area contributed by atoms with Gasteiger partial charge in [-0.15, -0.1) is 23.5 Å². The summed E-state index contributed by atoms with van der Waals surface area (Å²) in [5.74, 6) is 0.773. The molecule has 0 fully saturated rings. The molecule has 0 bridgehead atoms. The summed E-state index contributed by atoms with van der Waals surface area (Å²) in [6, 6.07) is 8.84. The average molecular weight is 348 g/mol. The minimum atomic E-state index is 0.773. The Labute approximate surface area is 149 Å². The van der Waals surface area contributed by atoms with E-state index in [1.165, 1.54) is 58.2 Å². The van der Waals surface area contributed by atoms with E-state index in [-0.39, 0.29) is 0 Å². The molecule has 2 aromatic rings. The molecule has 3 heteroatoms. The molecule has 0 amide bonds. The number of rotatable bonds is 8. The fourth-order valence-corrected chi connectivity index (χ4v) is 4.56. The van der Waals surface area contributed by atoms with Crippen LogP contribution in [0.2, 0.25) is 0 Å². The molecule has 126 valence electrons. The van der Waals surface area contributed by atoms with E-state index in [9.17, 15) is 0 Å². The van der Waals surface area contributed by atoms with Gasteiger partial charge in [0.1, 0.15) is 0 Å². The van der Waals surface area contributed by atoms with Crippen LogP contribution in [-0.4, -0.2) is 12.5 Å². The molecule has 1 nitrogen and oxygen atoms in total. The smallest absolute Gasteiger partial charge is 0.0406 e. The highest BCUT2D eigenvalue weighted by molar-refractivity contribution is 7.99. The molecule has 0 aliphatic heterocycles. The number of hydrogen-bond donors (Lipinski definition) is 1. The van der Waals surface area contributed by atoms with Crippen molar-refractivity contribution < 1.29 is 0 Å². The molecule has 0 radical (unpaired) electrons. The van der Waals surface area contributed by atoms with Crippen LogP contribution in [-0.2, 0) is 6.42 Å². The lowest BCUT2D eigenvalue weighted by Crippen LogP contribution is -2.05. The summed E-state index contributed by atoms with van der Waals surface area (Å²) in [5.41, 5.74) is 8.72. The summed E-state index contributed by atoms with van der Waals surface area (Å²) >= 11 is 3.62. The van der Waals surface area contributed by atoms with Crippen LogP contribution in [0.1, 0.15) is 45.1 Å². The second kappa shape index (κ2) is 8.89. The Kier molecular flexibility index (Phi) is 7.16. The van der Waals surface area contributed by atoms with E-state index < -0.39 is 0 Å². The fourth-order valence-electron chi connectivity index (χ4n) is 3.29. The number of hydrogen-bond acceptors (Lipinski definition) is 3. The third-order valence-corrected chi connectivity index (χ3v) is 6.25. The second-order valence-corrected chi connectivity index (χ2v) is 7.85. The Bertz CT molecular complexity index is 652. The van der Waals surface area contributed by atoms with Crippen molar-refractivity contribution in [3.05, 3.63) is 29.8 Å². The SMILES string of the molecule is CCCCC(CC)Cc1ccc(SC)c2c(N)ccc(SC)c12. The lowest BCUT2D eigenvalue weighted by molar-refractivity contribution is 0.450. The highest BCUT2D eigenvalue weighted by Gasteiger charge is 2.15. The summed E-state index contributed by atoms with van der Waals surface area (Å²) < 4.78 is 0. The van der Waals surface area contributed by atoms with Crippen LogP contribution in [0.4, 0.5) is 5.69 Å². The molecule has 2 rings (SSSR count). The molecule has 0 aliphatic rings. The van der Waals surface area contributed by atoms with Crippen LogP contribution in [0.3, 0.4) is 0 Å². The van der Waals surface area contributed by atoms with Crippen LogP contribution < -0.4 is 5.73 Å². The predicted octanol–water partition coefficient (Wildman–Crippen LogP) is 6.62. The Hall–Kier alpha value is -0.800. The van der Waals surface area contributed by atoms with Gasteiger partial charge in [0.05, 0.1) is 0 Å². The maximum absolute atomic E-state index is 6.35. The molecule has 1 unspecified atom stereocenters. The highest BCUT2D eigenvalue weighted by atomic mass is 32.2. The third kappa shape index (κ3) is 4.19. The first-order chi connectivity index (χ1) is 11.2. The maximum Gasteiger partial charge on any atom is 0.0406 e. The second-order valence-electron chi connectivity index (χ2n) is 6.15. The van der Waals surface area contributed by atoms with Crippen molar-refractivity contribution in [3.63, 3.8) is 0 Å². The van der Waals surface area contributed by atoms with Crippen molar-refractivity contribution in [2.45, 2.75) is 55.7 Å². The molecular formula is C20H29NS2. The standard InChI is InChI=1S/C20H29NS2/c1-5-7-8-14(6-2)13-15-9-11-18(23-4)20-16(21)10-12-17(22-3)19(15)20/h9-12,14H,5-8,13,21H2,1-4H3. The number of unbranched alkanes of at least 4 members (excludes halogenated alkanes) is 1. The largest absolute Gasteiger partial charge is 0.398 e. The molecule has 0 aromatic heterocycles. The maximum atomic E-state index is 6.35. The molecule has 0 spiro atoms. The molecule has 23 heavy (non-hydrogen) atoms. The first-order valence-corrected chi connectivity index (χ1v) is 11.0. The number of fused-ring (bicyclic) bond motifs is 1. The van der Waals surface area contributed by atoms with Gasteiger partial charge in [0.2, 0.25) is 0 Å². The van der Waals surface area contributed by atoms with E-state index in [0.717, 1.165) is 11.6 Å². The number of nitrogens with two attached hydrogens (primary N) is 1. The summed E-state index contributed by atoms with van der Waals surface area (Å²) in [5, 5.41) is 2.64. The van der Waals surface area contributed by atoms with Crippen molar-refractivity contribution in [2.24, 2.45) is 5.92 Å². The minimum absolute atomic E-state index is 0.773. The molecule has 0 aliphatic carbocycles. The Balaban J connectivity index is 2.53. The van der Waals surface area contributed by atoms with Gasteiger partial charge in [-0.1, -0.05) is 45.6 Å². The molecule has 0 saturated heterocycles. The van der Waals surface area contributed by atoms with Gasteiger partial charge in [0.15, 0.2) is 0 Å². The number of thioether (sulfide) groups is 2. The van der Waals surface area contributed by atoms with Gasteiger partial charge in [0.25, 0.3) is 0 Å². The Morgan fingerprint density at radius 2 is 1.61 bits per heavy atom. The van der Waals surface area contributed by atoms with Crippen LogP contribution in [0.5, 0.6) is 0 Å². The van der Waals surface area contributed by atoms with Crippen molar-refractivity contribution in [3.8, 4) is 0 Å². The topological polar surface area (TPSA) is 26.0 Å². The zero-order chi connectivity index (χ0) is 16.8. The highest BCUT2D eigenvalue weighted by Crippen LogP contribution is 2.39. The zero-order valence-electron chi connectivity index (χ0n) is 14.8. The molecule has 2 aromatic carbocycles. The minimum Gasteiger partial charge on any atom is -0.398 e. The molecular weight excluding hydrogens is 318 g/mol. The van der Waals surface area contributed by atoms with Gasteiger partial charge in [-0.3, -0.25) is 0 Å². The molecule has 0 saturated carbocycles. The Morgan fingerprint density at radius 1 is 0.957 bits per heavy atom. The van der Waals surface area contributed by atoms with Crippen molar-refractivity contribution >= 4 is 40.0 Å². The summed E-state index contributed by atoms with van der Waals surface area (Å²) in [7, 11) is 0. The molecule has 0 heterocycles. The molecule has 1 atom stereocenters. The fraction of sp³-hybridized carbons (Fsp3) is 0.500. The third-order valence-electron chi connectivity index (χ3n) is 4.69. The Morgan fingerprint density at radius 3 is 2.22 bits per heavy atom. The summed E-state index contributed by atoms with van der Waals surface area (Å²) in [6.07, 6.45) is 10.7. The summed E-state index contributed by atoms with van der Waals surface area (Å²) in [6.45, 7) is 4.60. The molecule has 2 N–H and O–H groups in total.